The van der Waals surface area contributed by atoms with E-state index in [1.165, 1.54) is 30.5 Å². The maximum Gasteiger partial charge on any atom is 0.328 e. The summed E-state index contributed by atoms with van der Waals surface area (Å²) in [6, 6.07) is 4.53. The minimum Gasteiger partial charge on any atom is -0.480 e. The largest absolute Gasteiger partial charge is 0.480 e. The van der Waals surface area contributed by atoms with Crippen molar-refractivity contribution in [2.75, 3.05) is 0 Å². The van der Waals surface area contributed by atoms with Crippen LogP contribution < -0.4 is 5.32 Å². The molecule has 1 atom stereocenters. The third-order valence-corrected chi connectivity index (χ3v) is 4.09. The Labute approximate surface area is 133 Å². The highest BCUT2D eigenvalue weighted by atomic mass is 32.2. The Bertz CT molecular complexity index is 760. The first kappa shape index (κ1) is 15.2. The highest BCUT2D eigenvalue weighted by Crippen LogP contribution is 2.27. The number of carboxylic acids is 1. The summed E-state index contributed by atoms with van der Waals surface area (Å²) in [5.41, 5.74) is 1.06. The standard InChI is InChI=1S/C14H10FN3O4S/c15-8-3-1-7(2-4-8)9-5-10(13(20)21)18(17-9)6-11-12(19)16-14(22)23-11/h1-4,6,10H,5H2,(H,20,21)(H,16,19,22)/b11-6-/t10-/m0/s1. The molecule has 2 aliphatic rings. The average Bonchev–Trinajstić information content (AvgIpc) is 3.04. The number of hydrogen-bond acceptors (Lipinski definition) is 6. The van der Waals surface area contributed by atoms with E-state index in [9.17, 15) is 23.9 Å². The number of aliphatic carboxylic acids is 1. The number of nitrogens with one attached hydrogen (secondary N) is 1. The summed E-state index contributed by atoms with van der Waals surface area (Å²) >= 11 is 0.681. The molecule has 0 unspecified atom stereocenters. The van der Waals surface area contributed by atoms with E-state index in [2.05, 4.69) is 10.4 Å². The van der Waals surface area contributed by atoms with Crippen molar-refractivity contribution >= 4 is 34.6 Å². The van der Waals surface area contributed by atoms with Crippen molar-refractivity contribution in [3.63, 3.8) is 0 Å². The van der Waals surface area contributed by atoms with Gasteiger partial charge < -0.3 is 5.11 Å². The molecule has 7 nitrogen and oxygen atoms in total. The molecule has 0 aromatic heterocycles. The Morgan fingerprint density at radius 1 is 1.39 bits per heavy atom. The average molecular weight is 335 g/mol. The SMILES string of the molecule is O=C1NC(=O)/C(=C/N2N=C(c3ccc(F)cc3)C[C@H]2C(=O)O)S1. The molecule has 0 saturated carbocycles. The topological polar surface area (TPSA) is 99.1 Å². The molecule has 1 saturated heterocycles. The first-order valence-corrected chi connectivity index (χ1v) is 7.35. The van der Waals surface area contributed by atoms with E-state index in [0.717, 1.165) is 5.01 Å². The zero-order valence-corrected chi connectivity index (χ0v) is 12.3. The van der Waals surface area contributed by atoms with E-state index >= 15 is 0 Å². The lowest BCUT2D eigenvalue weighted by Crippen LogP contribution is -2.31. The smallest absolute Gasteiger partial charge is 0.328 e. The predicted octanol–water partition coefficient (Wildman–Crippen LogP) is 1.51. The fourth-order valence-electron chi connectivity index (χ4n) is 2.19. The molecule has 2 aliphatic heterocycles. The van der Waals surface area contributed by atoms with Gasteiger partial charge >= 0.3 is 5.97 Å². The number of nitrogens with zero attached hydrogens (tertiary/aromatic N) is 2. The number of halogens is 1. The van der Waals surface area contributed by atoms with Gasteiger partial charge in [0.1, 0.15) is 10.7 Å². The molecule has 0 spiro atoms. The fourth-order valence-corrected chi connectivity index (χ4v) is 2.84. The third kappa shape index (κ3) is 3.09. The van der Waals surface area contributed by atoms with Gasteiger partial charge in [0.05, 0.1) is 5.71 Å². The lowest BCUT2D eigenvalue weighted by molar-refractivity contribution is -0.141. The van der Waals surface area contributed by atoms with Crippen LogP contribution in [0.1, 0.15) is 12.0 Å². The molecule has 1 fully saturated rings. The first-order valence-electron chi connectivity index (χ1n) is 6.53. The van der Waals surface area contributed by atoms with Crippen LogP contribution in [0.3, 0.4) is 0 Å². The number of thioether (sulfide) groups is 1. The Hall–Kier alpha value is -2.68. The van der Waals surface area contributed by atoms with Crippen molar-refractivity contribution < 1.29 is 23.9 Å². The Kier molecular flexibility index (Phi) is 3.87. The number of carboxylic acid groups (broad SMARTS) is 1. The van der Waals surface area contributed by atoms with Gasteiger partial charge in [0.2, 0.25) is 0 Å². The number of hydrogen-bond donors (Lipinski definition) is 2. The van der Waals surface area contributed by atoms with E-state index in [1.807, 2.05) is 0 Å². The predicted molar refractivity (Wildman–Crippen MR) is 80.0 cm³/mol. The second kappa shape index (κ2) is 5.84. The molecule has 118 valence electrons. The number of rotatable bonds is 3. The number of carbonyl (C=O) groups is 3. The van der Waals surface area contributed by atoms with Gasteiger partial charge in [-0.3, -0.25) is 19.9 Å². The second-order valence-corrected chi connectivity index (χ2v) is 5.84. The summed E-state index contributed by atoms with van der Waals surface area (Å²) in [5.74, 6) is -2.11. The normalized spacial score (nSPS) is 22.5. The van der Waals surface area contributed by atoms with E-state index in [0.29, 0.717) is 23.0 Å². The van der Waals surface area contributed by atoms with Gasteiger partial charge in [0.25, 0.3) is 11.1 Å². The molecule has 2 amide bonds. The van der Waals surface area contributed by atoms with Crippen molar-refractivity contribution in [2.24, 2.45) is 5.10 Å². The van der Waals surface area contributed by atoms with Crippen molar-refractivity contribution in [1.29, 1.82) is 0 Å². The van der Waals surface area contributed by atoms with Crippen molar-refractivity contribution in [1.82, 2.24) is 10.3 Å². The van der Waals surface area contributed by atoms with Crippen LogP contribution >= 0.6 is 11.8 Å². The first-order chi connectivity index (χ1) is 10.9. The maximum absolute atomic E-state index is 13.0. The molecular weight excluding hydrogens is 325 g/mol. The Morgan fingerprint density at radius 3 is 2.65 bits per heavy atom. The molecule has 1 aromatic carbocycles. The zero-order chi connectivity index (χ0) is 16.6. The monoisotopic (exact) mass is 335 g/mol. The molecule has 0 radical (unpaired) electrons. The maximum atomic E-state index is 13.0. The lowest BCUT2D eigenvalue weighted by atomic mass is 10.0. The number of carbonyl (C=O) groups excluding carboxylic acids is 2. The summed E-state index contributed by atoms with van der Waals surface area (Å²) in [6.45, 7) is 0. The Balaban J connectivity index is 1.91. The molecule has 1 aromatic rings. The third-order valence-electron chi connectivity index (χ3n) is 3.30. The van der Waals surface area contributed by atoms with Crippen LogP contribution in [0.15, 0.2) is 40.5 Å². The second-order valence-electron chi connectivity index (χ2n) is 4.83. The van der Waals surface area contributed by atoms with E-state index in [1.54, 1.807) is 0 Å². The zero-order valence-electron chi connectivity index (χ0n) is 11.5. The van der Waals surface area contributed by atoms with Crippen LogP contribution in [-0.4, -0.2) is 39.0 Å². The molecular formula is C14H10FN3O4S. The molecule has 2 N–H and O–H groups in total. The highest BCUT2D eigenvalue weighted by molar-refractivity contribution is 8.18. The van der Waals surface area contributed by atoms with Gasteiger partial charge in [-0.25, -0.2) is 9.18 Å². The number of hydrazone groups is 1. The van der Waals surface area contributed by atoms with Crippen LogP contribution in [0.2, 0.25) is 0 Å². The molecule has 2 heterocycles. The Morgan fingerprint density at radius 2 is 2.09 bits per heavy atom. The van der Waals surface area contributed by atoms with Gasteiger partial charge in [-0.05, 0) is 29.5 Å². The number of benzene rings is 1. The van der Waals surface area contributed by atoms with Crippen molar-refractivity contribution in [2.45, 2.75) is 12.5 Å². The van der Waals surface area contributed by atoms with Crippen LogP contribution in [0, 0.1) is 5.82 Å². The van der Waals surface area contributed by atoms with Gasteiger partial charge in [-0.1, -0.05) is 12.1 Å². The van der Waals surface area contributed by atoms with Gasteiger partial charge in [0, 0.05) is 12.6 Å². The van der Waals surface area contributed by atoms with Gasteiger partial charge in [-0.15, -0.1) is 0 Å². The molecule has 0 aliphatic carbocycles. The van der Waals surface area contributed by atoms with Crippen LogP contribution in [-0.2, 0) is 9.59 Å². The fraction of sp³-hybridized carbons (Fsp3) is 0.143. The van der Waals surface area contributed by atoms with Crippen molar-refractivity contribution in [3.8, 4) is 0 Å². The number of amides is 2. The van der Waals surface area contributed by atoms with Crippen LogP contribution in [0.4, 0.5) is 9.18 Å². The molecule has 0 bridgehead atoms. The van der Waals surface area contributed by atoms with Gasteiger partial charge in [-0.2, -0.15) is 5.10 Å². The molecule has 23 heavy (non-hydrogen) atoms. The lowest BCUT2D eigenvalue weighted by Gasteiger charge is -2.15. The number of imide groups is 1. The van der Waals surface area contributed by atoms with Crippen LogP contribution in [0.5, 0.6) is 0 Å². The minimum atomic E-state index is -1.11. The van der Waals surface area contributed by atoms with E-state index in [-0.39, 0.29) is 11.3 Å². The quantitative estimate of drug-likeness (QED) is 0.813. The summed E-state index contributed by atoms with van der Waals surface area (Å²) in [6.07, 6.45) is 1.34. The molecule has 3 rings (SSSR count). The van der Waals surface area contributed by atoms with E-state index < -0.39 is 29.0 Å². The summed E-state index contributed by atoms with van der Waals surface area (Å²) in [7, 11) is 0. The summed E-state index contributed by atoms with van der Waals surface area (Å²) in [5, 5.41) is 16.2. The van der Waals surface area contributed by atoms with Gasteiger partial charge in [0.15, 0.2) is 6.04 Å². The molecule has 9 heteroatoms. The minimum absolute atomic E-state index is 0.0744. The van der Waals surface area contributed by atoms with E-state index in [4.69, 9.17) is 0 Å². The summed E-state index contributed by atoms with van der Waals surface area (Å²) in [4.78, 5) is 34.2. The highest BCUT2D eigenvalue weighted by Gasteiger charge is 2.34. The van der Waals surface area contributed by atoms with Crippen LogP contribution in [0.25, 0.3) is 0 Å². The summed E-state index contributed by atoms with van der Waals surface area (Å²) < 4.78 is 13.0. The van der Waals surface area contributed by atoms with Crippen molar-refractivity contribution in [3.05, 3.63) is 46.8 Å².